The largest absolute Gasteiger partial charge is 0.306 e. The van der Waals surface area contributed by atoms with Crippen LogP contribution in [0.4, 0.5) is 0 Å². The maximum Gasteiger partial charge on any atom is 0.211 e. The van der Waals surface area contributed by atoms with Gasteiger partial charge in [0.1, 0.15) is 0 Å². The molecule has 0 aromatic carbocycles. The highest BCUT2D eigenvalue weighted by Gasteiger charge is 2.25. The van der Waals surface area contributed by atoms with E-state index >= 15 is 0 Å². The zero-order valence-corrected chi connectivity index (χ0v) is 13.2. The second-order valence-electron chi connectivity index (χ2n) is 5.12. The van der Waals surface area contributed by atoms with Gasteiger partial charge in [0.05, 0.1) is 17.0 Å². The highest BCUT2D eigenvalue weighted by Crippen LogP contribution is 2.19. The lowest BCUT2D eigenvalue weighted by molar-refractivity contribution is 0.277. The summed E-state index contributed by atoms with van der Waals surface area (Å²) in [6, 6.07) is 0.592. The van der Waals surface area contributed by atoms with Crippen molar-refractivity contribution in [2.45, 2.75) is 38.8 Å². The minimum absolute atomic E-state index is 0.222. The van der Waals surface area contributed by atoms with Crippen LogP contribution >= 0.6 is 11.3 Å². The first-order valence-corrected chi connectivity index (χ1v) is 9.22. The number of thiazole rings is 1. The molecule has 1 N–H and O–H groups in total. The number of nitrogens with zero attached hydrogens (tertiary/aromatic N) is 2. The zero-order valence-electron chi connectivity index (χ0n) is 11.6. The molecule has 0 bridgehead atoms. The minimum atomic E-state index is -3.03. The van der Waals surface area contributed by atoms with Gasteiger partial charge < -0.3 is 5.32 Å². The van der Waals surface area contributed by atoms with Gasteiger partial charge in [-0.05, 0) is 26.7 Å². The maximum absolute atomic E-state index is 11.4. The van der Waals surface area contributed by atoms with Crippen LogP contribution in [0.3, 0.4) is 0 Å². The highest BCUT2D eigenvalue weighted by atomic mass is 32.2. The van der Waals surface area contributed by atoms with E-state index in [1.807, 2.05) is 6.92 Å². The van der Waals surface area contributed by atoms with Gasteiger partial charge in [0, 0.05) is 30.6 Å². The lowest BCUT2D eigenvalue weighted by Gasteiger charge is -2.32. The van der Waals surface area contributed by atoms with Crippen molar-refractivity contribution in [1.29, 1.82) is 0 Å². The molecule has 2 heterocycles. The Bertz CT molecular complexity index is 519. The summed E-state index contributed by atoms with van der Waals surface area (Å²) < 4.78 is 24.4. The Labute approximate surface area is 119 Å². The van der Waals surface area contributed by atoms with Crippen LogP contribution in [0.2, 0.25) is 0 Å². The first kappa shape index (κ1) is 14.9. The molecule has 0 spiro atoms. The van der Waals surface area contributed by atoms with Crippen molar-refractivity contribution in [3.63, 3.8) is 0 Å². The van der Waals surface area contributed by atoms with Gasteiger partial charge in [0.2, 0.25) is 10.0 Å². The Morgan fingerprint density at radius 2 is 2.11 bits per heavy atom. The summed E-state index contributed by atoms with van der Waals surface area (Å²) in [5, 5.41) is 6.70. The van der Waals surface area contributed by atoms with Crippen molar-refractivity contribution >= 4 is 21.4 Å². The smallest absolute Gasteiger partial charge is 0.211 e. The van der Waals surface area contributed by atoms with Crippen molar-refractivity contribution in [3.8, 4) is 0 Å². The van der Waals surface area contributed by atoms with E-state index in [1.54, 1.807) is 15.6 Å². The molecule has 0 saturated carbocycles. The second kappa shape index (κ2) is 5.87. The molecule has 5 nitrogen and oxygen atoms in total. The summed E-state index contributed by atoms with van der Waals surface area (Å²) in [4.78, 5) is 4.48. The van der Waals surface area contributed by atoms with Crippen LogP contribution in [-0.2, 0) is 10.0 Å². The van der Waals surface area contributed by atoms with Crippen LogP contribution in [-0.4, -0.2) is 43.1 Å². The van der Waals surface area contributed by atoms with E-state index in [0.717, 1.165) is 23.5 Å². The molecule has 1 aliphatic rings. The molecule has 1 fully saturated rings. The molecular weight excluding hydrogens is 282 g/mol. The van der Waals surface area contributed by atoms with Crippen molar-refractivity contribution in [2.24, 2.45) is 0 Å². The van der Waals surface area contributed by atoms with Gasteiger partial charge in [-0.25, -0.2) is 17.7 Å². The third-order valence-electron chi connectivity index (χ3n) is 3.49. The molecule has 19 heavy (non-hydrogen) atoms. The number of nitrogens with one attached hydrogen (secondary N) is 1. The fourth-order valence-electron chi connectivity index (χ4n) is 2.37. The molecule has 2 rings (SSSR count). The Morgan fingerprint density at radius 3 is 2.58 bits per heavy atom. The summed E-state index contributed by atoms with van der Waals surface area (Å²) in [5.74, 6) is 0. The molecule has 0 aliphatic carbocycles. The highest BCUT2D eigenvalue weighted by molar-refractivity contribution is 7.88. The number of piperidine rings is 1. The van der Waals surface area contributed by atoms with E-state index in [-0.39, 0.29) is 6.04 Å². The van der Waals surface area contributed by atoms with Crippen molar-refractivity contribution < 1.29 is 8.42 Å². The molecule has 0 amide bonds. The molecule has 1 aliphatic heterocycles. The molecule has 1 unspecified atom stereocenters. The van der Waals surface area contributed by atoms with Gasteiger partial charge in [-0.2, -0.15) is 0 Å². The number of aryl methyl sites for hydroxylation is 1. The first-order chi connectivity index (χ1) is 8.86. The number of rotatable bonds is 4. The predicted molar refractivity (Wildman–Crippen MR) is 77.8 cm³/mol. The molecular formula is C12H21N3O2S2. The van der Waals surface area contributed by atoms with Gasteiger partial charge in [-0.1, -0.05) is 0 Å². The molecule has 1 aromatic heterocycles. The van der Waals surface area contributed by atoms with Gasteiger partial charge in [-0.15, -0.1) is 11.3 Å². The average molecular weight is 303 g/mol. The van der Waals surface area contributed by atoms with E-state index < -0.39 is 10.0 Å². The summed E-state index contributed by atoms with van der Waals surface area (Å²) >= 11 is 1.66. The van der Waals surface area contributed by atoms with E-state index in [4.69, 9.17) is 0 Å². The van der Waals surface area contributed by atoms with E-state index in [0.29, 0.717) is 19.1 Å². The van der Waals surface area contributed by atoms with Gasteiger partial charge in [0.15, 0.2) is 0 Å². The molecule has 1 saturated heterocycles. The van der Waals surface area contributed by atoms with Crippen LogP contribution in [0.15, 0.2) is 5.38 Å². The number of hydrogen-bond donors (Lipinski definition) is 1. The summed E-state index contributed by atoms with van der Waals surface area (Å²) in [6.07, 6.45) is 3.00. The van der Waals surface area contributed by atoms with Crippen LogP contribution in [0.5, 0.6) is 0 Å². The third-order valence-corrected chi connectivity index (χ3v) is 5.58. The maximum atomic E-state index is 11.4. The Hall–Kier alpha value is -0.500. The molecule has 1 aromatic rings. The zero-order chi connectivity index (χ0) is 14.0. The Balaban J connectivity index is 1.86. The van der Waals surface area contributed by atoms with Gasteiger partial charge in [-0.3, -0.25) is 0 Å². The lowest BCUT2D eigenvalue weighted by atomic mass is 10.1. The second-order valence-corrected chi connectivity index (χ2v) is 8.16. The molecule has 0 radical (unpaired) electrons. The number of hydrogen-bond acceptors (Lipinski definition) is 5. The van der Waals surface area contributed by atoms with Crippen LogP contribution < -0.4 is 5.32 Å². The SMILES string of the molecule is Cc1nc(C(C)NC2CCN(S(C)(=O)=O)CC2)cs1. The molecule has 1 atom stereocenters. The standard InChI is InChI=1S/C12H21N3O2S2/c1-9(12-8-18-10(2)14-12)13-11-4-6-15(7-5-11)19(3,16)17/h8-9,11,13H,4-7H2,1-3H3. The monoisotopic (exact) mass is 303 g/mol. The minimum Gasteiger partial charge on any atom is -0.306 e. The van der Waals surface area contributed by atoms with Crippen LogP contribution in [0, 0.1) is 6.92 Å². The average Bonchev–Trinajstić information content (AvgIpc) is 2.75. The molecule has 7 heteroatoms. The summed E-state index contributed by atoms with van der Waals surface area (Å²) in [7, 11) is -3.03. The van der Waals surface area contributed by atoms with E-state index in [1.165, 1.54) is 6.26 Å². The number of sulfonamides is 1. The fraction of sp³-hybridized carbons (Fsp3) is 0.750. The lowest BCUT2D eigenvalue weighted by Crippen LogP contribution is -2.45. The molecule has 108 valence electrons. The normalized spacial score (nSPS) is 20.6. The Kier molecular flexibility index (Phi) is 4.60. The van der Waals surface area contributed by atoms with E-state index in [2.05, 4.69) is 22.6 Å². The fourth-order valence-corrected chi connectivity index (χ4v) is 3.95. The topological polar surface area (TPSA) is 62.3 Å². The van der Waals surface area contributed by atoms with Crippen LogP contribution in [0.1, 0.15) is 36.5 Å². The van der Waals surface area contributed by atoms with E-state index in [9.17, 15) is 8.42 Å². The van der Waals surface area contributed by atoms with Gasteiger partial charge in [0.25, 0.3) is 0 Å². The predicted octanol–water partition coefficient (Wildman–Crippen LogP) is 1.53. The van der Waals surface area contributed by atoms with Crippen molar-refractivity contribution in [3.05, 3.63) is 16.1 Å². The Morgan fingerprint density at radius 1 is 1.47 bits per heavy atom. The van der Waals surface area contributed by atoms with Crippen LogP contribution in [0.25, 0.3) is 0 Å². The van der Waals surface area contributed by atoms with Crippen molar-refractivity contribution in [2.75, 3.05) is 19.3 Å². The summed E-state index contributed by atoms with van der Waals surface area (Å²) in [5.41, 5.74) is 1.08. The third kappa shape index (κ3) is 3.98. The van der Waals surface area contributed by atoms with Gasteiger partial charge >= 0.3 is 0 Å². The first-order valence-electron chi connectivity index (χ1n) is 6.49. The quantitative estimate of drug-likeness (QED) is 0.916. The summed E-state index contributed by atoms with van der Waals surface area (Å²) in [6.45, 7) is 5.33. The number of aromatic nitrogens is 1. The van der Waals surface area contributed by atoms with Crippen molar-refractivity contribution in [1.82, 2.24) is 14.6 Å².